The molecule has 1 fully saturated rings. The Morgan fingerprint density at radius 3 is 3.00 bits per heavy atom. The van der Waals surface area contributed by atoms with Crippen molar-refractivity contribution < 1.29 is 0 Å². The maximum Gasteiger partial charge on any atom is 0.116 e. The number of fused-ring (bicyclic) bond motifs is 1. The van der Waals surface area contributed by atoms with Gasteiger partial charge >= 0.3 is 0 Å². The molecule has 0 amide bonds. The lowest BCUT2D eigenvalue weighted by molar-refractivity contribution is 0.815. The molecule has 0 bridgehead atoms. The van der Waals surface area contributed by atoms with E-state index in [-0.39, 0.29) is 6.04 Å². The molecular formula is C12H15N3. The predicted molar refractivity (Wildman–Crippen MR) is 59.8 cm³/mol. The van der Waals surface area contributed by atoms with Gasteiger partial charge in [-0.25, -0.2) is 4.98 Å². The summed E-state index contributed by atoms with van der Waals surface area (Å²) in [5.41, 5.74) is 8.28. The molecule has 3 nitrogen and oxygen atoms in total. The third kappa shape index (κ3) is 1.35. The van der Waals surface area contributed by atoms with Crippen LogP contribution in [0.1, 0.15) is 43.1 Å². The van der Waals surface area contributed by atoms with Crippen LogP contribution in [-0.2, 0) is 0 Å². The van der Waals surface area contributed by atoms with E-state index in [1.807, 2.05) is 13.1 Å². The molecule has 0 saturated heterocycles. The van der Waals surface area contributed by atoms with Gasteiger partial charge in [-0.15, -0.1) is 0 Å². The number of hydrogen-bond acceptors (Lipinski definition) is 2. The van der Waals surface area contributed by atoms with Crippen LogP contribution >= 0.6 is 0 Å². The summed E-state index contributed by atoms with van der Waals surface area (Å²) in [6.45, 7) is 2.01. The lowest BCUT2D eigenvalue weighted by Crippen LogP contribution is -2.06. The number of hydrogen-bond donors (Lipinski definition) is 1. The van der Waals surface area contributed by atoms with Crippen molar-refractivity contribution in [3.05, 3.63) is 35.9 Å². The van der Waals surface area contributed by atoms with Crippen molar-refractivity contribution in [2.45, 2.75) is 31.7 Å². The van der Waals surface area contributed by atoms with E-state index in [9.17, 15) is 0 Å². The van der Waals surface area contributed by atoms with Crippen LogP contribution in [0.3, 0.4) is 0 Å². The lowest BCUT2D eigenvalue weighted by Gasteiger charge is -2.08. The van der Waals surface area contributed by atoms with Gasteiger partial charge in [0.2, 0.25) is 0 Å². The van der Waals surface area contributed by atoms with Gasteiger partial charge < -0.3 is 10.1 Å². The van der Waals surface area contributed by atoms with Gasteiger partial charge in [-0.2, -0.15) is 0 Å². The average molecular weight is 201 g/mol. The minimum absolute atomic E-state index is 0.0671. The molecule has 1 aliphatic rings. The molecule has 0 spiro atoms. The fourth-order valence-electron chi connectivity index (χ4n) is 2.09. The van der Waals surface area contributed by atoms with E-state index in [4.69, 9.17) is 5.73 Å². The van der Waals surface area contributed by atoms with Gasteiger partial charge in [0.15, 0.2) is 0 Å². The molecule has 1 unspecified atom stereocenters. The summed E-state index contributed by atoms with van der Waals surface area (Å²) in [5.74, 6) is 1.88. The van der Waals surface area contributed by atoms with Crippen molar-refractivity contribution in [1.29, 1.82) is 0 Å². The minimum Gasteiger partial charge on any atom is -0.324 e. The second-order valence-electron chi connectivity index (χ2n) is 4.40. The maximum atomic E-state index is 5.94. The Bertz CT molecular complexity index is 495. The van der Waals surface area contributed by atoms with Crippen molar-refractivity contribution in [3.63, 3.8) is 0 Å². The van der Waals surface area contributed by atoms with Crippen LogP contribution in [0.4, 0.5) is 0 Å². The van der Waals surface area contributed by atoms with Gasteiger partial charge in [-0.3, -0.25) is 0 Å². The summed E-state index contributed by atoms with van der Waals surface area (Å²) in [6.07, 6.45) is 6.59. The molecule has 2 N–H and O–H groups in total. The van der Waals surface area contributed by atoms with Crippen molar-refractivity contribution in [2.24, 2.45) is 5.73 Å². The van der Waals surface area contributed by atoms with Crippen LogP contribution in [0.15, 0.2) is 24.5 Å². The predicted octanol–water partition coefficient (Wildman–Crippen LogP) is 2.23. The first-order valence-electron chi connectivity index (χ1n) is 5.49. The monoisotopic (exact) mass is 201 g/mol. The van der Waals surface area contributed by atoms with Crippen molar-refractivity contribution in [3.8, 4) is 0 Å². The molecule has 1 atom stereocenters. The normalized spacial score (nSPS) is 18.3. The lowest BCUT2D eigenvalue weighted by atomic mass is 10.1. The van der Waals surface area contributed by atoms with E-state index in [0.29, 0.717) is 5.92 Å². The Kier molecular flexibility index (Phi) is 1.83. The molecule has 1 saturated carbocycles. The zero-order valence-corrected chi connectivity index (χ0v) is 8.85. The van der Waals surface area contributed by atoms with Gasteiger partial charge in [0.25, 0.3) is 0 Å². The number of nitrogens with two attached hydrogens (primary N) is 1. The van der Waals surface area contributed by atoms with E-state index in [1.165, 1.54) is 24.2 Å². The number of imidazole rings is 1. The van der Waals surface area contributed by atoms with Crippen LogP contribution in [0.2, 0.25) is 0 Å². The molecule has 0 aromatic carbocycles. The van der Waals surface area contributed by atoms with Crippen LogP contribution in [-0.4, -0.2) is 9.38 Å². The number of pyridine rings is 1. The van der Waals surface area contributed by atoms with Gasteiger partial charge in [-0.05, 0) is 31.4 Å². The van der Waals surface area contributed by atoms with Gasteiger partial charge in [0.1, 0.15) is 5.82 Å². The quantitative estimate of drug-likeness (QED) is 0.809. The van der Waals surface area contributed by atoms with Crippen molar-refractivity contribution >= 4 is 5.52 Å². The van der Waals surface area contributed by atoms with Crippen LogP contribution in [0.25, 0.3) is 5.52 Å². The standard InChI is InChI=1S/C12H15N3/c1-8(13)10-3-2-6-15-11(10)7-14-12(15)9-4-5-9/h2-3,6-9H,4-5,13H2,1H3. The Morgan fingerprint density at radius 1 is 1.53 bits per heavy atom. The van der Waals surface area contributed by atoms with E-state index in [2.05, 4.69) is 27.7 Å². The Labute approximate surface area is 88.9 Å². The molecular weight excluding hydrogens is 186 g/mol. The first-order chi connectivity index (χ1) is 7.27. The highest BCUT2D eigenvalue weighted by atomic mass is 15.0. The second kappa shape index (κ2) is 3.07. The third-order valence-electron chi connectivity index (χ3n) is 3.07. The summed E-state index contributed by atoms with van der Waals surface area (Å²) in [5, 5.41) is 0. The second-order valence-corrected chi connectivity index (χ2v) is 4.40. The molecule has 15 heavy (non-hydrogen) atoms. The van der Waals surface area contributed by atoms with Gasteiger partial charge in [-0.1, -0.05) is 6.07 Å². The van der Waals surface area contributed by atoms with Crippen molar-refractivity contribution in [1.82, 2.24) is 9.38 Å². The van der Waals surface area contributed by atoms with Gasteiger partial charge in [0.05, 0.1) is 11.7 Å². The zero-order chi connectivity index (χ0) is 10.4. The molecule has 0 radical (unpaired) electrons. The SMILES string of the molecule is CC(N)c1cccn2c(C3CC3)ncc12. The summed E-state index contributed by atoms with van der Waals surface area (Å²) in [7, 11) is 0. The van der Waals surface area contributed by atoms with Crippen LogP contribution in [0.5, 0.6) is 0 Å². The highest BCUT2D eigenvalue weighted by Gasteiger charge is 2.28. The highest BCUT2D eigenvalue weighted by Crippen LogP contribution is 2.39. The molecule has 1 aliphatic carbocycles. The van der Waals surface area contributed by atoms with Crippen LogP contribution < -0.4 is 5.73 Å². The first kappa shape index (κ1) is 8.92. The summed E-state index contributed by atoms with van der Waals surface area (Å²) >= 11 is 0. The first-order valence-corrected chi connectivity index (χ1v) is 5.49. The highest BCUT2D eigenvalue weighted by molar-refractivity contribution is 5.55. The smallest absolute Gasteiger partial charge is 0.116 e. The Balaban J connectivity index is 2.23. The zero-order valence-electron chi connectivity index (χ0n) is 8.85. The molecule has 0 aliphatic heterocycles. The largest absolute Gasteiger partial charge is 0.324 e. The number of nitrogens with zero attached hydrogens (tertiary/aromatic N) is 2. The number of aromatic nitrogens is 2. The van der Waals surface area contributed by atoms with Crippen molar-refractivity contribution in [2.75, 3.05) is 0 Å². The summed E-state index contributed by atoms with van der Waals surface area (Å²) in [4.78, 5) is 4.51. The molecule has 3 rings (SSSR count). The summed E-state index contributed by atoms with van der Waals surface area (Å²) < 4.78 is 2.19. The summed E-state index contributed by atoms with van der Waals surface area (Å²) in [6, 6.07) is 4.20. The maximum absolute atomic E-state index is 5.94. The Hall–Kier alpha value is -1.35. The minimum atomic E-state index is 0.0671. The van der Waals surface area contributed by atoms with E-state index >= 15 is 0 Å². The average Bonchev–Trinajstić information content (AvgIpc) is 2.97. The molecule has 2 heterocycles. The van der Waals surface area contributed by atoms with E-state index in [1.54, 1.807) is 0 Å². The molecule has 78 valence electrons. The van der Waals surface area contributed by atoms with Crippen LogP contribution in [0, 0.1) is 0 Å². The molecule has 2 aromatic heterocycles. The fourth-order valence-corrected chi connectivity index (χ4v) is 2.09. The number of rotatable bonds is 2. The third-order valence-corrected chi connectivity index (χ3v) is 3.07. The molecule has 3 heteroatoms. The fraction of sp³-hybridized carbons (Fsp3) is 0.417. The van der Waals surface area contributed by atoms with Gasteiger partial charge in [0, 0.05) is 18.2 Å². The van der Waals surface area contributed by atoms with E-state index < -0.39 is 0 Å². The molecule has 2 aromatic rings. The topological polar surface area (TPSA) is 43.3 Å². The van der Waals surface area contributed by atoms with E-state index in [0.717, 1.165) is 5.52 Å². The Morgan fingerprint density at radius 2 is 2.33 bits per heavy atom.